The molecule has 2 aliphatic rings. The van der Waals surface area contributed by atoms with Crippen molar-refractivity contribution in [2.45, 2.75) is 37.8 Å². The van der Waals surface area contributed by atoms with E-state index in [0.717, 1.165) is 18.4 Å². The number of benzene rings is 2. The third-order valence-electron chi connectivity index (χ3n) is 5.70. The minimum atomic E-state index is -0.745. The first-order chi connectivity index (χ1) is 14.5. The number of rotatable bonds is 7. The molecule has 0 aromatic heterocycles. The number of aliphatic hydroxyl groups is 1. The smallest absolute Gasteiger partial charge is 0.290 e. The van der Waals surface area contributed by atoms with Gasteiger partial charge in [0.25, 0.3) is 5.91 Å². The maximum atomic E-state index is 13.5. The van der Waals surface area contributed by atoms with E-state index >= 15 is 0 Å². The Morgan fingerprint density at radius 3 is 2.53 bits per heavy atom. The third-order valence-corrected chi connectivity index (χ3v) is 5.70. The van der Waals surface area contributed by atoms with Crippen molar-refractivity contribution >= 4 is 11.7 Å². The van der Waals surface area contributed by atoms with Crippen LogP contribution in [0, 0.1) is 5.82 Å². The lowest BCUT2D eigenvalue weighted by atomic mass is 9.93. The Morgan fingerprint density at radius 2 is 1.87 bits per heavy atom. The Morgan fingerprint density at radius 1 is 1.13 bits per heavy atom. The van der Waals surface area contributed by atoms with Crippen LogP contribution in [0.2, 0.25) is 0 Å². The molecule has 0 aliphatic carbocycles. The fourth-order valence-corrected chi connectivity index (χ4v) is 4.16. The monoisotopic (exact) mass is 409 g/mol. The number of ketones is 1. The Bertz CT molecular complexity index is 949. The molecule has 30 heavy (non-hydrogen) atoms. The normalized spacial score (nSPS) is 21.5. The highest BCUT2D eigenvalue weighted by atomic mass is 19.1. The van der Waals surface area contributed by atoms with E-state index in [0.29, 0.717) is 18.6 Å². The zero-order valence-electron chi connectivity index (χ0n) is 16.6. The number of ether oxygens (including phenoxy) is 1. The maximum Gasteiger partial charge on any atom is 0.290 e. The van der Waals surface area contributed by atoms with Gasteiger partial charge < -0.3 is 14.7 Å². The molecule has 0 spiro atoms. The lowest BCUT2D eigenvalue weighted by molar-refractivity contribution is -0.131. The molecule has 2 atom stereocenters. The van der Waals surface area contributed by atoms with Crippen LogP contribution in [0.1, 0.15) is 36.4 Å². The largest absolute Gasteiger partial charge is 0.503 e. The zero-order chi connectivity index (χ0) is 21.1. The summed E-state index contributed by atoms with van der Waals surface area (Å²) in [5.74, 6) is -1.78. The highest BCUT2D eigenvalue weighted by Crippen LogP contribution is 2.39. The number of nitrogens with zero attached hydrogens (tertiary/aromatic N) is 1. The van der Waals surface area contributed by atoms with E-state index in [9.17, 15) is 19.1 Å². The molecular weight excluding hydrogens is 385 g/mol. The van der Waals surface area contributed by atoms with Crippen LogP contribution in [-0.4, -0.2) is 41.0 Å². The molecule has 1 amide bonds. The van der Waals surface area contributed by atoms with Crippen LogP contribution in [0.15, 0.2) is 65.9 Å². The van der Waals surface area contributed by atoms with Crippen LogP contribution in [0.5, 0.6) is 0 Å². The van der Waals surface area contributed by atoms with Gasteiger partial charge in [-0.15, -0.1) is 0 Å². The van der Waals surface area contributed by atoms with Gasteiger partial charge in [0.05, 0.1) is 17.7 Å². The van der Waals surface area contributed by atoms with Crippen molar-refractivity contribution < 1.29 is 23.8 Å². The molecule has 6 heteroatoms. The molecule has 2 aromatic carbocycles. The number of amides is 1. The number of hydrogen-bond donors (Lipinski definition) is 1. The minimum absolute atomic E-state index is 0.0838. The molecule has 4 rings (SSSR count). The van der Waals surface area contributed by atoms with Crippen molar-refractivity contribution in [3.05, 3.63) is 82.9 Å². The van der Waals surface area contributed by atoms with Crippen LogP contribution in [0.3, 0.4) is 0 Å². The summed E-state index contributed by atoms with van der Waals surface area (Å²) in [7, 11) is 0. The standard InChI is InChI=1S/C24H24FNO4/c25-18-11-9-17(10-12-18)22-21(20(27)13-8-16-5-2-1-3-6-16)23(28)24(29)26(22)15-19-7-4-14-30-19/h1-3,5-6,9-12,19,22,28H,4,7-8,13-15H2. The van der Waals surface area contributed by atoms with Gasteiger partial charge in [-0.1, -0.05) is 42.5 Å². The summed E-state index contributed by atoms with van der Waals surface area (Å²) in [6.45, 7) is 0.913. The minimum Gasteiger partial charge on any atom is -0.503 e. The van der Waals surface area contributed by atoms with E-state index in [4.69, 9.17) is 4.74 Å². The number of halogens is 1. The average Bonchev–Trinajstić information content (AvgIpc) is 3.36. The number of Topliss-reactive ketones (excluding diaryl/α,β-unsaturated/α-hetero) is 1. The van der Waals surface area contributed by atoms with Gasteiger partial charge in [0.1, 0.15) is 5.82 Å². The lowest BCUT2D eigenvalue weighted by Crippen LogP contribution is -2.37. The van der Waals surface area contributed by atoms with Crippen LogP contribution < -0.4 is 0 Å². The fraction of sp³-hybridized carbons (Fsp3) is 0.333. The van der Waals surface area contributed by atoms with Crippen LogP contribution in [0.25, 0.3) is 0 Å². The number of carbonyl (C=O) groups excluding carboxylic acids is 2. The molecule has 2 heterocycles. The highest BCUT2D eigenvalue weighted by Gasteiger charge is 2.44. The van der Waals surface area contributed by atoms with Crippen molar-refractivity contribution in [1.82, 2.24) is 4.90 Å². The second kappa shape index (κ2) is 8.79. The summed E-state index contributed by atoms with van der Waals surface area (Å²) in [4.78, 5) is 27.5. The molecule has 2 aliphatic heterocycles. The quantitative estimate of drug-likeness (QED) is 0.753. The summed E-state index contributed by atoms with van der Waals surface area (Å²) in [6.07, 6.45) is 2.27. The van der Waals surface area contributed by atoms with Gasteiger partial charge in [-0.3, -0.25) is 9.59 Å². The van der Waals surface area contributed by atoms with E-state index in [1.165, 1.54) is 17.0 Å². The summed E-state index contributed by atoms with van der Waals surface area (Å²) < 4.78 is 19.2. The SMILES string of the molecule is O=C(CCc1ccccc1)C1=C(O)C(=O)N(CC2CCCO2)C1c1ccc(F)cc1. The number of aliphatic hydroxyl groups excluding tert-OH is 1. The molecule has 0 radical (unpaired) electrons. The summed E-state index contributed by atoms with van der Waals surface area (Å²) >= 11 is 0. The van der Waals surface area contributed by atoms with Crippen molar-refractivity contribution in [2.75, 3.05) is 13.2 Å². The van der Waals surface area contributed by atoms with Crippen molar-refractivity contribution in [2.24, 2.45) is 0 Å². The molecule has 1 N–H and O–H groups in total. The molecule has 1 fully saturated rings. The number of aryl methyl sites for hydroxylation is 1. The van der Waals surface area contributed by atoms with Gasteiger partial charge in [0, 0.05) is 19.6 Å². The summed E-state index contributed by atoms with van der Waals surface area (Å²) in [5, 5.41) is 10.6. The van der Waals surface area contributed by atoms with Gasteiger partial charge in [-0.25, -0.2) is 4.39 Å². The second-order valence-electron chi connectivity index (χ2n) is 7.72. The Kier molecular flexibility index (Phi) is 5.95. The fourth-order valence-electron chi connectivity index (χ4n) is 4.16. The maximum absolute atomic E-state index is 13.5. The molecule has 156 valence electrons. The number of hydrogen-bond acceptors (Lipinski definition) is 4. The third kappa shape index (κ3) is 4.14. The van der Waals surface area contributed by atoms with E-state index in [1.54, 1.807) is 12.1 Å². The van der Waals surface area contributed by atoms with Gasteiger partial charge in [-0.2, -0.15) is 0 Å². The van der Waals surface area contributed by atoms with E-state index < -0.39 is 23.5 Å². The first kappa shape index (κ1) is 20.3. The Balaban J connectivity index is 1.62. The molecule has 0 bridgehead atoms. The van der Waals surface area contributed by atoms with Crippen LogP contribution >= 0.6 is 0 Å². The van der Waals surface area contributed by atoms with Crippen molar-refractivity contribution in [3.8, 4) is 0 Å². The topological polar surface area (TPSA) is 66.8 Å². The van der Waals surface area contributed by atoms with E-state index in [2.05, 4.69) is 0 Å². The van der Waals surface area contributed by atoms with E-state index in [-0.39, 0.29) is 30.4 Å². The Labute approximate surface area is 174 Å². The predicted octanol–water partition coefficient (Wildman–Crippen LogP) is 3.90. The summed E-state index contributed by atoms with van der Waals surface area (Å²) in [6, 6.07) is 14.5. The van der Waals surface area contributed by atoms with Gasteiger partial charge in [0.2, 0.25) is 0 Å². The first-order valence-corrected chi connectivity index (χ1v) is 10.2. The molecule has 2 aromatic rings. The highest BCUT2D eigenvalue weighted by molar-refractivity contribution is 6.09. The van der Waals surface area contributed by atoms with Crippen LogP contribution in [0.4, 0.5) is 4.39 Å². The molecule has 0 saturated carbocycles. The Hall–Kier alpha value is -2.99. The first-order valence-electron chi connectivity index (χ1n) is 10.2. The lowest BCUT2D eigenvalue weighted by Gasteiger charge is -2.29. The zero-order valence-corrected chi connectivity index (χ0v) is 16.6. The second-order valence-corrected chi connectivity index (χ2v) is 7.72. The van der Waals surface area contributed by atoms with Gasteiger partial charge >= 0.3 is 0 Å². The van der Waals surface area contributed by atoms with Crippen molar-refractivity contribution in [1.29, 1.82) is 0 Å². The number of carbonyl (C=O) groups is 2. The average molecular weight is 409 g/mol. The van der Waals surface area contributed by atoms with E-state index in [1.807, 2.05) is 30.3 Å². The molecule has 1 saturated heterocycles. The predicted molar refractivity (Wildman–Crippen MR) is 109 cm³/mol. The van der Waals surface area contributed by atoms with Gasteiger partial charge in [0.15, 0.2) is 11.5 Å². The van der Waals surface area contributed by atoms with Crippen LogP contribution in [-0.2, 0) is 20.7 Å². The van der Waals surface area contributed by atoms with Crippen molar-refractivity contribution in [3.63, 3.8) is 0 Å². The molecule has 5 nitrogen and oxygen atoms in total. The summed E-state index contributed by atoms with van der Waals surface area (Å²) in [5.41, 5.74) is 1.68. The van der Waals surface area contributed by atoms with Gasteiger partial charge in [-0.05, 0) is 42.5 Å². The molecular formula is C24H24FNO4. The molecule has 2 unspecified atom stereocenters.